The lowest BCUT2D eigenvalue weighted by Crippen LogP contribution is -2.21. The van der Waals surface area contributed by atoms with Gasteiger partial charge in [0.15, 0.2) is 14.9 Å². The van der Waals surface area contributed by atoms with Crippen molar-refractivity contribution in [3.8, 4) is 17.2 Å². The molecule has 0 saturated carbocycles. The number of hydrogen-bond donors (Lipinski definition) is 2. The van der Waals surface area contributed by atoms with Gasteiger partial charge in [0.2, 0.25) is 0 Å². The van der Waals surface area contributed by atoms with Crippen LogP contribution in [0, 0.1) is 0 Å². The molecule has 36 heavy (non-hydrogen) atoms. The number of fused-ring (bicyclic) bond motifs is 1. The lowest BCUT2D eigenvalue weighted by molar-refractivity contribution is -0.120. The average molecular weight is 532 g/mol. The van der Waals surface area contributed by atoms with E-state index in [9.17, 15) is 18.3 Å². The monoisotopic (exact) mass is 531 g/mol. The van der Waals surface area contributed by atoms with Crippen LogP contribution in [-0.4, -0.2) is 65.1 Å². The number of hydrogen-bond acceptors (Lipinski definition) is 9. The van der Waals surface area contributed by atoms with Crippen LogP contribution in [0.25, 0.3) is 10.9 Å². The quantitative estimate of drug-likeness (QED) is 0.399. The zero-order chi connectivity index (χ0) is 26.1. The molecule has 11 heteroatoms. The van der Waals surface area contributed by atoms with E-state index in [-0.39, 0.29) is 16.1 Å². The first kappa shape index (κ1) is 26.2. The molecule has 2 aromatic heterocycles. The molecular formula is C25H29N3O6S2. The lowest BCUT2D eigenvalue weighted by Gasteiger charge is -2.16. The third-order valence-corrected chi connectivity index (χ3v) is 7.85. The third-order valence-electron chi connectivity index (χ3n) is 5.63. The number of benzene rings is 1. The fourth-order valence-electron chi connectivity index (χ4n) is 3.78. The van der Waals surface area contributed by atoms with Crippen LogP contribution in [0.3, 0.4) is 0 Å². The van der Waals surface area contributed by atoms with Crippen LogP contribution in [0.15, 0.2) is 46.5 Å². The van der Waals surface area contributed by atoms with Gasteiger partial charge in [0.1, 0.15) is 28.1 Å². The second kappa shape index (κ2) is 10.2. The molecule has 0 radical (unpaired) electrons. The summed E-state index contributed by atoms with van der Waals surface area (Å²) in [6.45, 7) is 3.97. The summed E-state index contributed by atoms with van der Waals surface area (Å²) in [4.78, 5) is 24.3. The fourth-order valence-corrected chi connectivity index (χ4v) is 5.45. The van der Waals surface area contributed by atoms with Gasteiger partial charge in [-0.2, -0.15) is 0 Å². The highest BCUT2D eigenvalue weighted by atomic mass is 32.2. The standard InChI is InChI=1S/C25H29N3O6S2/c1-25(2,30)8-7-16(29)11-19-14-27-24(35-19)20-10-15-9-18(12-21(33-3)23(15)28-20)34-17-5-6-22(26-13-17)36(4,31)32/h5-6,9-10,12-13,19,28,30H,7-8,11,14H2,1-4H3. The van der Waals surface area contributed by atoms with Crippen LogP contribution < -0.4 is 9.47 Å². The normalized spacial score (nSPS) is 16.2. The SMILES string of the molecule is COc1cc(Oc2ccc(S(C)(=O)=O)nc2)cc2cc(C3=NCC(CC(=O)CCC(C)(C)O)S3)[nH]c12. The van der Waals surface area contributed by atoms with Crippen molar-refractivity contribution in [1.29, 1.82) is 0 Å². The zero-order valence-corrected chi connectivity index (χ0v) is 22.2. The van der Waals surface area contributed by atoms with Crippen molar-refractivity contribution in [3.63, 3.8) is 0 Å². The van der Waals surface area contributed by atoms with E-state index < -0.39 is 15.4 Å². The van der Waals surface area contributed by atoms with Gasteiger partial charge in [-0.3, -0.25) is 9.79 Å². The molecule has 9 nitrogen and oxygen atoms in total. The number of Topliss-reactive ketones (excluding diaryl/α,β-unsaturated/α-hetero) is 1. The number of thioether (sulfide) groups is 1. The van der Waals surface area contributed by atoms with E-state index in [0.717, 1.165) is 27.9 Å². The summed E-state index contributed by atoms with van der Waals surface area (Å²) < 4.78 is 34.7. The Labute approximate surface area is 214 Å². The number of aliphatic hydroxyl groups is 1. The van der Waals surface area contributed by atoms with Crippen molar-refractivity contribution in [3.05, 3.63) is 42.2 Å². The van der Waals surface area contributed by atoms with E-state index in [4.69, 9.17) is 9.47 Å². The van der Waals surface area contributed by atoms with E-state index >= 15 is 0 Å². The molecule has 0 aliphatic carbocycles. The second-order valence-electron chi connectivity index (χ2n) is 9.42. The molecule has 0 amide bonds. The van der Waals surface area contributed by atoms with Gasteiger partial charge in [-0.05, 0) is 44.5 Å². The number of nitrogens with zero attached hydrogens (tertiary/aromatic N) is 2. The lowest BCUT2D eigenvalue weighted by atomic mass is 9.99. The van der Waals surface area contributed by atoms with Gasteiger partial charge in [0.25, 0.3) is 0 Å². The Morgan fingerprint density at radius 1 is 1.25 bits per heavy atom. The molecule has 3 heterocycles. The third kappa shape index (κ3) is 6.45. The number of carbonyl (C=O) groups excluding carboxylic acids is 1. The highest BCUT2D eigenvalue weighted by Crippen LogP contribution is 2.36. The van der Waals surface area contributed by atoms with Crippen molar-refractivity contribution in [1.82, 2.24) is 9.97 Å². The number of H-pyrrole nitrogens is 1. The van der Waals surface area contributed by atoms with Crippen molar-refractivity contribution in [2.45, 2.75) is 49.0 Å². The summed E-state index contributed by atoms with van der Waals surface area (Å²) in [6, 6.07) is 8.49. The van der Waals surface area contributed by atoms with Crippen LogP contribution >= 0.6 is 11.8 Å². The number of aromatic nitrogens is 2. The Morgan fingerprint density at radius 2 is 2.03 bits per heavy atom. The Bertz CT molecular complexity index is 1410. The van der Waals surface area contributed by atoms with Crippen molar-refractivity contribution < 1.29 is 27.8 Å². The number of rotatable bonds is 10. The van der Waals surface area contributed by atoms with Crippen molar-refractivity contribution in [2.75, 3.05) is 19.9 Å². The number of pyridine rings is 1. The molecule has 1 aliphatic rings. The van der Waals surface area contributed by atoms with E-state index in [1.165, 1.54) is 12.3 Å². The summed E-state index contributed by atoms with van der Waals surface area (Å²) in [5.74, 6) is 1.61. The minimum absolute atomic E-state index is 0.0229. The van der Waals surface area contributed by atoms with Gasteiger partial charge in [-0.1, -0.05) is 11.8 Å². The van der Waals surface area contributed by atoms with Gasteiger partial charge in [-0.15, -0.1) is 0 Å². The molecule has 0 saturated heterocycles. The molecule has 0 fully saturated rings. The summed E-state index contributed by atoms with van der Waals surface area (Å²) >= 11 is 1.57. The Kier molecular flexibility index (Phi) is 7.44. The highest BCUT2D eigenvalue weighted by Gasteiger charge is 2.25. The molecule has 3 aromatic rings. The number of ether oxygens (including phenoxy) is 2. The summed E-state index contributed by atoms with van der Waals surface area (Å²) in [5.41, 5.74) is 0.775. The van der Waals surface area contributed by atoms with Gasteiger partial charge < -0.3 is 19.6 Å². The topological polar surface area (TPSA) is 131 Å². The second-order valence-corrected chi connectivity index (χ2v) is 12.7. The average Bonchev–Trinajstić information content (AvgIpc) is 3.43. The molecule has 0 spiro atoms. The number of nitrogens with one attached hydrogen (secondary N) is 1. The smallest absolute Gasteiger partial charge is 0.192 e. The zero-order valence-electron chi connectivity index (χ0n) is 20.6. The van der Waals surface area contributed by atoms with Crippen LogP contribution in [0.4, 0.5) is 0 Å². The summed E-state index contributed by atoms with van der Waals surface area (Å²) in [6.07, 6.45) is 3.68. The molecule has 192 valence electrons. The van der Waals surface area contributed by atoms with Gasteiger partial charge in [-0.25, -0.2) is 13.4 Å². The maximum absolute atomic E-state index is 12.3. The molecule has 0 bridgehead atoms. The minimum Gasteiger partial charge on any atom is -0.494 e. The Hall–Kier alpha value is -2.89. The number of aromatic amines is 1. The highest BCUT2D eigenvalue weighted by molar-refractivity contribution is 8.15. The van der Waals surface area contributed by atoms with Crippen LogP contribution in [-0.2, 0) is 14.6 Å². The van der Waals surface area contributed by atoms with Crippen LogP contribution in [0.5, 0.6) is 17.2 Å². The Morgan fingerprint density at radius 3 is 2.67 bits per heavy atom. The predicted molar refractivity (Wildman–Crippen MR) is 140 cm³/mol. The largest absolute Gasteiger partial charge is 0.494 e. The molecule has 1 aliphatic heterocycles. The molecule has 4 rings (SSSR count). The van der Waals surface area contributed by atoms with Gasteiger partial charge >= 0.3 is 0 Å². The van der Waals surface area contributed by atoms with Crippen molar-refractivity contribution in [2.24, 2.45) is 4.99 Å². The summed E-state index contributed by atoms with van der Waals surface area (Å²) in [5, 5.41) is 11.6. The van der Waals surface area contributed by atoms with E-state index in [0.29, 0.717) is 43.1 Å². The van der Waals surface area contributed by atoms with E-state index in [2.05, 4.69) is 15.0 Å². The van der Waals surface area contributed by atoms with Crippen molar-refractivity contribution >= 4 is 43.3 Å². The maximum Gasteiger partial charge on any atom is 0.192 e. The first-order chi connectivity index (χ1) is 16.9. The first-order valence-electron chi connectivity index (χ1n) is 11.4. The van der Waals surface area contributed by atoms with E-state index in [1.54, 1.807) is 44.9 Å². The molecule has 1 aromatic carbocycles. The predicted octanol–water partition coefficient (Wildman–Crippen LogP) is 4.14. The van der Waals surface area contributed by atoms with Gasteiger partial charge in [0, 0.05) is 35.8 Å². The number of ketones is 1. The maximum atomic E-state index is 12.3. The fraction of sp³-hybridized carbons (Fsp3) is 0.400. The molecule has 1 atom stereocenters. The Balaban J connectivity index is 1.47. The molecule has 2 N–H and O–H groups in total. The number of carbonyl (C=O) groups is 1. The van der Waals surface area contributed by atoms with E-state index in [1.807, 2.05) is 12.1 Å². The van der Waals surface area contributed by atoms with Crippen LogP contribution in [0.1, 0.15) is 38.8 Å². The molecule has 1 unspecified atom stereocenters. The first-order valence-corrected chi connectivity index (χ1v) is 14.2. The van der Waals surface area contributed by atoms with Gasteiger partial charge in [0.05, 0.1) is 36.7 Å². The number of sulfone groups is 1. The molecular weight excluding hydrogens is 502 g/mol. The summed E-state index contributed by atoms with van der Waals surface area (Å²) in [7, 11) is -1.82. The number of aliphatic imine (C=N–C) groups is 1. The van der Waals surface area contributed by atoms with Crippen LogP contribution in [0.2, 0.25) is 0 Å². The minimum atomic E-state index is -3.39. The number of methoxy groups -OCH3 is 1.